The van der Waals surface area contributed by atoms with E-state index in [4.69, 9.17) is 16.6 Å². The lowest BCUT2D eigenvalue weighted by atomic mass is 9.76. The van der Waals surface area contributed by atoms with Crippen molar-refractivity contribution in [1.29, 1.82) is 0 Å². The summed E-state index contributed by atoms with van der Waals surface area (Å²) in [5.74, 6) is -1.41. The van der Waals surface area contributed by atoms with Crippen LogP contribution in [0, 0.1) is 5.92 Å². The minimum atomic E-state index is -1.37. The molecule has 0 fully saturated rings. The number of nitrogens with two attached hydrogens (primary N) is 2. The molecule has 0 amide bonds. The maximum Gasteiger partial charge on any atom is 0.328 e. The average Bonchev–Trinajstić information content (AvgIpc) is 2.11. The quantitative estimate of drug-likeness (QED) is 0.572. The third kappa shape index (κ3) is 1.32. The molecule has 2 unspecified atom stereocenters. The first-order valence-electron chi connectivity index (χ1n) is 4.49. The van der Waals surface area contributed by atoms with E-state index < -0.39 is 11.5 Å². The minimum absolute atomic E-state index is 0.372. The van der Waals surface area contributed by atoms with Crippen LogP contribution in [0.1, 0.15) is 20.8 Å². The number of hydrogen-bond donors (Lipinski definition) is 3. The Kier molecular flexibility index (Phi) is 2.41. The van der Waals surface area contributed by atoms with E-state index in [0.29, 0.717) is 5.70 Å². The summed E-state index contributed by atoms with van der Waals surface area (Å²) in [6, 6.07) is 0. The second kappa shape index (κ2) is 3.13. The highest BCUT2D eigenvalue weighted by molar-refractivity contribution is 5.83. The Morgan fingerprint density at radius 3 is 2.50 bits per heavy atom. The molecular weight excluding hydrogens is 180 g/mol. The zero-order valence-corrected chi connectivity index (χ0v) is 8.66. The van der Waals surface area contributed by atoms with Crippen LogP contribution in [0.5, 0.6) is 0 Å². The number of carboxylic acids is 1. The lowest BCUT2D eigenvalue weighted by molar-refractivity contribution is -0.142. The van der Waals surface area contributed by atoms with E-state index >= 15 is 0 Å². The number of rotatable bonds is 1. The van der Waals surface area contributed by atoms with Gasteiger partial charge in [-0.2, -0.15) is 0 Å². The number of carbonyl (C=O) groups is 1. The molecule has 14 heavy (non-hydrogen) atoms. The van der Waals surface area contributed by atoms with Crippen LogP contribution in [0.15, 0.2) is 22.9 Å². The predicted molar refractivity (Wildman–Crippen MR) is 54.4 cm³/mol. The van der Waals surface area contributed by atoms with Gasteiger partial charge in [0.15, 0.2) is 0 Å². The number of aliphatic carboxylic acids is 1. The molecule has 5 N–H and O–H groups in total. The van der Waals surface area contributed by atoms with Gasteiger partial charge in [-0.15, -0.1) is 0 Å². The van der Waals surface area contributed by atoms with Crippen molar-refractivity contribution < 1.29 is 9.90 Å². The van der Waals surface area contributed by atoms with E-state index in [1.54, 1.807) is 13.0 Å². The van der Waals surface area contributed by atoms with Gasteiger partial charge in [-0.05, 0) is 31.1 Å². The van der Waals surface area contributed by atoms with Gasteiger partial charge in [0.25, 0.3) is 0 Å². The molecule has 0 aromatic carbocycles. The highest BCUT2D eigenvalue weighted by Gasteiger charge is 2.42. The molecule has 78 valence electrons. The summed E-state index contributed by atoms with van der Waals surface area (Å²) >= 11 is 0. The summed E-state index contributed by atoms with van der Waals surface area (Å²) in [7, 11) is 0. The Hall–Kier alpha value is -1.29. The monoisotopic (exact) mass is 196 g/mol. The van der Waals surface area contributed by atoms with Gasteiger partial charge in [0, 0.05) is 11.6 Å². The van der Waals surface area contributed by atoms with E-state index in [-0.39, 0.29) is 5.92 Å². The van der Waals surface area contributed by atoms with Crippen molar-refractivity contribution >= 4 is 5.97 Å². The van der Waals surface area contributed by atoms with Gasteiger partial charge >= 0.3 is 5.97 Å². The topological polar surface area (TPSA) is 89.3 Å². The van der Waals surface area contributed by atoms with Gasteiger partial charge in [-0.1, -0.05) is 6.92 Å². The fraction of sp³-hybridized carbons (Fsp3) is 0.500. The van der Waals surface area contributed by atoms with E-state index in [0.717, 1.165) is 11.1 Å². The van der Waals surface area contributed by atoms with Gasteiger partial charge in [0.05, 0.1) is 0 Å². The second-order valence-corrected chi connectivity index (χ2v) is 3.87. The third-order valence-corrected chi connectivity index (χ3v) is 3.03. The van der Waals surface area contributed by atoms with Gasteiger partial charge < -0.3 is 16.6 Å². The van der Waals surface area contributed by atoms with Crippen LogP contribution in [0.2, 0.25) is 0 Å². The zero-order chi connectivity index (χ0) is 11.1. The van der Waals surface area contributed by atoms with E-state index in [2.05, 4.69) is 0 Å². The zero-order valence-electron chi connectivity index (χ0n) is 8.66. The highest BCUT2D eigenvalue weighted by atomic mass is 16.4. The summed E-state index contributed by atoms with van der Waals surface area (Å²) in [6.07, 6.45) is 1.58. The molecule has 1 aliphatic rings. The maximum atomic E-state index is 11.0. The Bertz CT molecular complexity index is 344. The van der Waals surface area contributed by atoms with Crippen LogP contribution in [-0.4, -0.2) is 16.6 Å². The molecular formula is C10H16N2O2. The fourth-order valence-corrected chi connectivity index (χ4v) is 1.65. The smallest absolute Gasteiger partial charge is 0.328 e. The summed E-state index contributed by atoms with van der Waals surface area (Å²) in [5.41, 5.74) is 12.6. The molecule has 0 aromatic rings. The maximum absolute atomic E-state index is 11.0. The Morgan fingerprint density at radius 1 is 1.57 bits per heavy atom. The lowest BCUT2D eigenvalue weighted by Crippen LogP contribution is -2.54. The van der Waals surface area contributed by atoms with E-state index in [1.165, 1.54) is 0 Å². The molecule has 0 saturated carbocycles. The SMILES string of the molecule is CC1=CC(N)(C(=O)O)C(C)C(N)=C1C. The molecule has 0 bridgehead atoms. The summed E-state index contributed by atoms with van der Waals surface area (Å²) in [5, 5.41) is 9.04. The minimum Gasteiger partial charge on any atom is -0.480 e. The number of hydrogen-bond acceptors (Lipinski definition) is 3. The van der Waals surface area contributed by atoms with E-state index in [9.17, 15) is 4.79 Å². The molecule has 0 aromatic heterocycles. The number of carboxylic acid groups (broad SMARTS) is 1. The van der Waals surface area contributed by atoms with Crippen LogP contribution in [0.25, 0.3) is 0 Å². The molecule has 0 saturated heterocycles. The first-order chi connectivity index (χ1) is 6.30. The summed E-state index contributed by atoms with van der Waals surface area (Å²) in [6.45, 7) is 5.42. The van der Waals surface area contributed by atoms with Crippen molar-refractivity contribution in [3.8, 4) is 0 Å². The molecule has 2 atom stereocenters. The van der Waals surface area contributed by atoms with Gasteiger partial charge in [-0.3, -0.25) is 0 Å². The van der Waals surface area contributed by atoms with Crippen molar-refractivity contribution in [2.45, 2.75) is 26.3 Å². The first kappa shape index (κ1) is 10.8. The first-order valence-corrected chi connectivity index (χ1v) is 4.49. The Morgan fingerprint density at radius 2 is 2.07 bits per heavy atom. The van der Waals surface area contributed by atoms with Crippen molar-refractivity contribution in [3.63, 3.8) is 0 Å². The van der Waals surface area contributed by atoms with Crippen LogP contribution in [0.4, 0.5) is 0 Å². The molecule has 0 aliphatic heterocycles. The molecule has 0 spiro atoms. The molecule has 0 radical (unpaired) electrons. The predicted octanol–water partition coefficient (Wildman–Crippen LogP) is 0.597. The van der Waals surface area contributed by atoms with Crippen molar-refractivity contribution in [3.05, 3.63) is 22.9 Å². The Labute approximate surface area is 83.3 Å². The normalized spacial score (nSPS) is 32.9. The lowest BCUT2D eigenvalue weighted by Gasteiger charge is -2.34. The molecule has 4 heteroatoms. The Balaban J connectivity index is 3.27. The third-order valence-electron chi connectivity index (χ3n) is 3.03. The van der Waals surface area contributed by atoms with E-state index in [1.807, 2.05) is 13.8 Å². The van der Waals surface area contributed by atoms with Crippen LogP contribution in [-0.2, 0) is 4.79 Å². The molecule has 4 nitrogen and oxygen atoms in total. The largest absolute Gasteiger partial charge is 0.480 e. The van der Waals surface area contributed by atoms with Crippen molar-refractivity contribution in [2.75, 3.05) is 0 Å². The summed E-state index contributed by atoms with van der Waals surface area (Å²) in [4.78, 5) is 11.0. The molecule has 1 rings (SSSR count). The molecule has 0 heterocycles. The second-order valence-electron chi connectivity index (χ2n) is 3.87. The highest BCUT2D eigenvalue weighted by Crippen LogP contribution is 2.32. The number of allylic oxidation sites excluding steroid dienone is 2. The van der Waals surface area contributed by atoms with Gasteiger partial charge in [0.2, 0.25) is 0 Å². The van der Waals surface area contributed by atoms with Crippen LogP contribution in [0.3, 0.4) is 0 Å². The van der Waals surface area contributed by atoms with Crippen molar-refractivity contribution in [1.82, 2.24) is 0 Å². The van der Waals surface area contributed by atoms with Crippen molar-refractivity contribution in [2.24, 2.45) is 17.4 Å². The molecule has 1 aliphatic carbocycles. The van der Waals surface area contributed by atoms with Gasteiger partial charge in [-0.25, -0.2) is 4.79 Å². The fourth-order valence-electron chi connectivity index (χ4n) is 1.65. The standard InChI is InChI=1S/C10H16N2O2/c1-5-4-10(12,9(13)14)7(3)8(11)6(5)2/h4,7H,11-12H2,1-3H3,(H,13,14). The summed E-state index contributed by atoms with van der Waals surface area (Å²) < 4.78 is 0. The van der Waals surface area contributed by atoms with Gasteiger partial charge in [0.1, 0.15) is 5.54 Å². The average molecular weight is 196 g/mol. The van der Waals surface area contributed by atoms with Crippen LogP contribution >= 0.6 is 0 Å². The van der Waals surface area contributed by atoms with Crippen LogP contribution < -0.4 is 11.5 Å².